The van der Waals surface area contributed by atoms with Crippen molar-refractivity contribution in [2.24, 2.45) is 0 Å². The largest absolute Gasteiger partial charge is 0.491 e. The van der Waals surface area contributed by atoms with Gasteiger partial charge in [-0.15, -0.1) is 0 Å². The van der Waals surface area contributed by atoms with E-state index in [9.17, 15) is 0 Å². The quantitative estimate of drug-likeness (QED) is 0.193. The summed E-state index contributed by atoms with van der Waals surface area (Å²) in [5.74, 6) is 1.36. The topological polar surface area (TPSA) is 36.9 Å². The molecule has 0 rings (SSSR count). The van der Waals surface area contributed by atoms with Crippen LogP contribution in [0.5, 0.6) is 0 Å². The molecule has 0 saturated heterocycles. The molecule has 0 saturated carbocycles. The lowest BCUT2D eigenvalue weighted by atomic mass is 10.2. The molecule has 4 heteroatoms. The Hall–Kier alpha value is -0.900. The molecule has 138 valence electrons. The van der Waals surface area contributed by atoms with Crippen molar-refractivity contribution in [3.8, 4) is 0 Å². The van der Waals surface area contributed by atoms with Crippen LogP contribution in [0.15, 0.2) is 11.7 Å². The first kappa shape index (κ1) is 22.1. The van der Waals surface area contributed by atoms with Crippen LogP contribution in [0.3, 0.4) is 0 Å². The number of hydrogen-bond donors (Lipinski definition) is 0. The van der Waals surface area contributed by atoms with E-state index in [1.165, 1.54) is 25.7 Å². The van der Waals surface area contributed by atoms with Crippen molar-refractivity contribution >= 4 is 0 Å². The molecule has 0 bridgehead atoms. The summed E-state index contributed by atoms with van der Waals surface area (Å²) < 4.78 is 22.9. The third-order valence-corrected chi connectivity index (χ3v) is 3.32. The van der Waals surface area contributed by atoms with Crippen molar-refractivity contribution in [3.63, 3.8) is 0 Å². The van der Waals surface area contributed by atoms with E-state index < -0.39 is 0 Å². The molecule has 0 aromatic heterocycles. The van der Waals surface area contributed by atoms with Gasteiger partial charge in [0.15, 0.2) is 12.6 Å². The van der Waals surface area contributed by atoms with Crippen LogP contribution in [0.25, 0.3) is 0 Å². The zero-order valence-electron chi connectivity index (χ0n) is 15.8. The standard InChI is InChI=1S/C19H38O4/c1-5-9-11-13-18(21-14-7-3)19(22-15-8-4)23-17-20-16-12-10-6-2/h5-17H2,1-4H3. The van der Waals surface area contributed by atoms with E-state index in [0.29, 0.717) is 19.2 Å². The lowest BCUT2D eigenvalue weighted by molar-refractivity contribution is -0.0840. The zero-order chi connectivity index (χ0) is 17.2. The predicted molar refractivity (Wildman–Crippen MR) is 95.1 cm³/mol. The Morgan fingerprint density at radius 2 is 1.26 bits per heavy atom. The first-order valence-electron chi connectivity index (χ1n) is 9.49. The molecule has 0 fully saturated rings. The Bertz CT molecular complexity index is 277. The lowest BCUT2D eigenvalue weighted by Gasteiger charge is -2.17. The summed E-state index contributed by atoms with van der Waals surface area (Å²) in [6.45, 7) is 10.9. The highest BCUT2D eigenvalue weighted by Crippen LogP contribution is 2.18. The number of ether oxygens (including phenoxy) is 4. The summed E-state index contributed by atoms with van der Waals surface area (Å²) in [6.07, 6.45) is 9.72. The minimum atomic E-state index is 0.232. The average Bonchev–Trinajstić information content (AvgIpc) is 2.57. The van der Waals surface area contributed by atoms with Crippen LogP contribution in [0.1, 0.15) is 85.5 Å². The maximum absolute atomic E-state index is 5.87. The average molecular weight is 331 g/mol. The fraction of sp³-hybridized carbons (Fsp3) is 0.895. The van der Waals surface area contributed by atoms with Gasteiger partial charge in [-0.3, -0.25) is 0 Å². The molecule has 0 radical (unpaired) electrons. The van der Waals surface area contributed by atoms with Crippen LogP contribution in [0.4, 0.5) is 0 Å². The number of unbranched alkanes of at least 4 members (excludes halogenated alkanes) is 4. The number of allylic oxidation sites excluding steroid dienone is 1. The first-order chi connectivity index (χ1) is 11.3. The first-order valence-corrected chi connectivity index (χ1v) is 9.49. The predicted octanol–water partition coefficient (Wildman–Crippen LogP) is 5.77. The van der Waals surface area contributed by atoms with Crippen molar-refractivity contribution in [3.05, 3.63) is 11.7 Å². The normalized spacial score (nSPS) is 12.0. The fourth-order valence-corrected chi connectivity index (χ4v) is 2.00. The Morgan fingerprint density at radius 3 is 1.91 bits per heavy atom. The maximum Gasteiger partial charge on any atom is 0.321 e. The van der Waals surface area contributed by atoms with Gasteiger partial charge in [0.1, 0.15) is 0 Å². The van der Waals surface area contributed by atoms with E-state index in [0.717, 1.165) is 44.5 Å². The van der Waals surface area contributed by atoms with Gasteiger partial charge in [0.25, 0.3) is 0 Å². The van der Waals surface area contributed by atoms with E-state index >= 15 is 0 Å². The second-order valence-corrected chi connectivity index (χ2v) is 5.74. The van der Waals surface area contributed by atoms with Crippen molar-refractivity contribution in [1.29, 1.82) is 0 Å². The van der Waals surface area contributed by atoms with Gasteiger partial charge in [-0.2, -0.15) is 0 Å². The van der Waals surface area contributed by atoms with Crippen LogP contribution in [0, 0.1) is 0 Å². The molecule has 0 aliphatic rings. The zero-order valence-corrected chi connectivity index (χ0v) is 15.8. The monoisotopic (exact) mass is 330 g/mol. The Morgan fingerprint density at radius 1 is 0.609 bits per heavy atom. The minimum absolute atomic E-state index is 0.232. The molecule has 0 aliphatic carbocycles. The molecular weight excluding hydrogens is 292 g/mol. The molecular formula is C19H38O4. The van der Waals surface area contributed by atoms with Gasteiger partial charge in [-0.05, 0) is 25.7 Å². The Labute approximate surface area is 143 Å². The molecule has 0 N–H and O–H groups in total. The minimum Gasteiger partial charge on any atom is -0.491 e. The van der Waals surface area contributed by atoms with E-state index in [1.807, 2.05) is 0 Å². The summed E-state index contributed by atoms with van der Waals surface area (Å²) in [6, 6.07) is 0. The van der Waals surface area contributed by atoms with Crippen LogP contribution < -0.4 is 0 Å². The van der Waals surface area contributed by atoms with Crippen LogP contribution in [-0.4, -0.2) is 26.6 Å². The van der Waals surface area contributed by atoms with Crippen molar-refractivity contribution in [2.75, 3.05) is 26.6 Å². The molecule has 0 atom stereocenters. The molecule has 23 heavy (non-hydrogen) atoms. The third kappa shape index (κ3) is 13.3. The highest BCUT2D eigenvalue weighted by Gasteiger charge is 2.12. The van der Waals surface area contributed by atoms with Gasteiger partial charge in [0, 0.05) is 6.42 Å². The van der Waals surface area contributed by atoms with Gasteiger partial charge >= 0.3 is 5.95 Å². The van der Waals surface area contributed by atoms with Crippen LogP contribution in [-0.2, 0) is 18.9 Å². The molecule has 0 heterocycles. The van der Waals surface area contributed by atoms with E-state index in [2.05, 4.69) is 27.7 Å². The third-order valence-electron chi connectivity index (χ3n) is 3.32. The van der Waals surface area contributed by atoms with Crippen LogP contribution in [0.2, 0.25) is 0 Å². The molecule has 0 amide bonds. The second-order valence-electron chi connectivity index (χ2n) is 5.74. The highest BCUT2D eigenvalue weighted by molar-refractivity contribution is 4.95. The van der Waals surface area contributed by atoms with Gasteiger partial charge in [0.05, 0.1) is 19.8 Å². The summed E-state index contributed by atoms with van der Waals surface area (Å²) in [5.41, 5.74) is 0. The van der Waals surface area contributed by atoms with Gasteiger partial charge in [-0.1, -0.05) is 53.4 Å². The highest BCUT2D eigenvalue weighted by atomic mass is 16.7. The Balaban J connectivity index is 4.49. The Kier molecular flexibility index (Phi) is 16.8. The number of rotatable bonds is 17. The molecule has 0 spiro atoms. The number of hydrogen-bond acceptors (Lipinski definition) is 4. The van der Waals surface area contributed by atoms with E-state index in [1.54, 1.807) is 0 Å². The fourth-order valence-electron chi connectivity index (χ4n) is 2.00. The summed E-state index contributed by atoms with van der Waals surface area (Å²) in [4.78, 5) is 0. The summed E-state index contributed by atoms with van der Waals surface area (Å²) in [7, 11) is 0. The SMILES string of the molecule is CCCCCOCOC(OCCC)=C(CCCCC)OCCC. The van der Waals surface area contributed by atoms with Crippen molar-refractivity contribution in [1.82, 2.24) is 0 Å². The van der Waals surface area contributed by atoms with Crippen LogP contribution >= 0.6 is 0 Å². The molecule has 4 nitrogen and oxygen atoms in total. The van der Waals surface area contributed by atoms with Gasteiger partial charge < -0.3 is 18.9 Å². The molecule has 0 unspecified atom stereocenters. The molecule has 0 aliphatic heterocycles. The van der Waals surface area contributed by atoms with Crippen molar-refractivity contribution in [2.45, 2.75) is 85.5 Å². The molecule has 0 aromatic carbocycles. The molecule has 0 aromatic rings. The maximum atomic E-state index is 5.87. The van der Waals surface area contributed by atoms with Gasteiger partial charge in [0.2, 0.25) is 0 Å². The summed E-state index contributed by atoms with van der Waals surface area (Å²) in [5, 5.41) is 0. The second kappa shape index (κ2) is 17.5. The lowest BCUT2D eigenvalue weighted by Crippen LogP contribution is -2.10. The summed E-state index contributed by atoms with van der Waals surface area (Å²) >= 11 is 0. The smallest absolute Gasteiger partial charge is 0.321 e. The van der Waals surface area contributed by atoms with Gasteiger partial charge in [-0.25, -0.2) is 0 Å². The van der Waals surface area contributed by atoms with Crippen molar-refractivity contribution < 1.29 is 18.9 Å². The van der Waals surface area contributed by atoms with E-state index in [-0.39, 0.29) is 6.79 Å². The van der Waals surface area contributed by atoms with E-state index in [4.69, 9.17) is 18.9 Å².